The summed E-state index contributed by atoms with van der Waals surface area (Å²) in [5.74, 6) is 1.41. The van der Waals surface area contributed by atoms with Crippen LogP contribution in [-0.2, 0) is 6.61 Å². The van der Waals surface area contributed by atoms with Crippen LogP contribution in [0.1, 0.15) is 45.1 Å². The minimum absolute atomic E-state index is 0.0144. The Morgan fingerprint density at radius 2 is 2.11 bits per heavy atom. The molecule has 0 radical (unpaired) electrons. The fourth-order valence-corrected chi connectivity index (χ4v) is 2.33. The molecule has 2 nitrogen and oxygen atoms in total. The van der Waals surface area contributed by atoms with E-state index < -0.39 is 0 Å². The molecule has 3 heteroatoms. The van der Waals surface area contributed by atoms with Gasteiger partial charge in [-0.15, -0.1) is 0 Å². The highest BCUT2D eigenvalue weighted by atomic mass is 79.9. The van der Waals surface area contributed by atoms with Gasteiger partial charge in [0.1, 0.15) is 5.75 Å². The molecule has 1 rings (SSSR count). The van der Waals surface area contributed by atoms with Gasteiger partial charge >= 0.3 is 0 Å². The summed E-state index contributed by atoms with van der Waals surface area (Å²) in [5.41, 5.74) is 0.842. The third kappa shape index (κ3) is 4.99. The lowest BCUT2D eigenvalue weighted by Crippen LogP contribution is -2.12. The maximum Gasteiger partial charge on any atom is 0.124 e. The van der Waals surface area contributed by atoms with Crippen molar-refractivity contribution in [3.63, 3.8) is 0 Å². The minimum Gasteiger partial charge on any atom is -0.493 e. The fourth-order valence-electron chi connectivity index (χ4n) is 1.92. The topological polar surface area (TPSA) is 29.5 Å². The Kier molecular flexibility index (Phi) is 7.36. The second kappa shape index (κ2) is 8.54. The SMILES string of the molecule is CCCCC(CC)COc1ccc(Br)cc1CO. The van der Waals surface area contributed by atoms with Crippen LogP contribution in [0.3, 0.4) is 0 Å². The molecule has 0 aliphatic rings. The number of aliphatic hydroxyl groups is 1. The van der Waals surface area contributed by atoms with Gasteiger partial charge in [-0.05, 0) is 30.5 Å². The highest BCUT2D eigenvalue weighted by molar-refractivity contribution is 9.10. The van der Waals surface area contributed by atoms with Gasteiger partial charge in [-0.3, -0.25) is 0 Å². The summed E-state index contributed by atoms with van der Waals surface area (Å²) in [6.45, 7) is 5.18. The molecule has 0 aliphatic carbocycles. The zero-order chi connectivity index (χ0) is 13.4. The van der Waals surface area contributed by atoms with Crippen molar-refractivity contribution in [1.29, 1.82) is 0 Å². The normalized spacial score (nSPS) is 12.4. The average molecular weight is 315 g/mol. The van der Waals surface area contributed by atoms with Crippen molar-refractivity contribution >= 4 is 15.9 Å². The van der Waals surface area contributed by atoms with Crippen LogP contribution < -0.4 is 4.74 Å². The van der Waals surface area contributed by atoms with Gasteiger partial charge in [-0.1, -0.05) is 49.0 Å². The molecule has 0 fully saturated rings. The molecule has 0 heterocycles. The van der Waals surface area contributed by atoms with E-state index in [0.717, 1.165) is 28.8 Å². The molecule has 0 saturated heterocycles. The van der Waals surface area contributed by atoms with Crippen LogP contribution in [-0.4, -0.2) is 11.7 Å². The third-order valence-corrected chi connectivity index (χ3v) is 3.70. The van der Waals surface area contributed by atoms with Crippen molar-refractivity contribution < 1.29 is 9.84 Å². The second-order valence-electron chi connectivity index (χ2n) is 4.64. The number of unbranched alkanes of at least 4 members (excludes halogenated alkanes) is 1. The zero-order valence-electron chi connectivity index (χ0n) is 11.3. The summed E-state index contributed by atoms with van der Waals surface area (Å²) >= 11 is 3.40. The summed E-state index contributed by atoms with van der Waals surface area (Å²) in [7, 11) is 0. The van der Waals surface area contributed by atoms with Gasteiger partial charge in [0.25, 0.3) is 0 Å². The van der Waals surface area contributed by atoms with E-state index in [9.17, 15) is 5.11 Å². The number of halogens is 1. The van der Waals surface area contributed by atoms with E-state index in [1.807, 2.05) is 18.2 Å². The quantitative estimate of drug-likeness (QED) is 0.763. The first-order valence-corrected chi connectivity index (χ1v) is 7.52. The van der Waals surface area contributed by atoms with Gasteiger partial charge in [-0.2, -0.15) is 0 Å². The maximum atomic E-state index is 9.31. The van der Waals surface area contributed by atoms with Gasteiger partial charge in [0.15, 0.2) is 0 Å². The highest BCUT2D eigenvalue weighted by Gasteiger charge is 2.09. The van der Waals surface area contributed by atoms with Crippen molar-refractivity contribution in [3.8, 4) is 5.75 Å². The molecule has 0 saturated carbocycles. The first-order valence-electron chi connectivity index (χ1n) is 6.73. The standard InChI is InChI=1S/C15H23BrO2/c1-3-5-6-12(4-2)11-18-15-8-7-14(16)9-13(15)10-17/h7-9,12,17H,3-6,10-11H2,1-2H3. The lowest BCUT2D eigenvalue weighted by atomic mass is 10.0. The molecule has 0 aromatic heterocycles. The number of benzene rings is 1. The smallest absolute Gasteiger partial charge is 0.124 e. The maximum absolute atomic E-state index is 9.31. The number of hydrogen-bond donors (Lipinski definition) is 1. The van der Waals surface area contributed by atoms with Crippen molar-refractivity contribution in [2.75, 3.05) is 6.61 Å². The number of hydrogen-bond acceptors (Lipinski definition) is 2. The molecule has 1 aromatic carbocycles. The summed E-state index contributed by atoms with van der Waals surface area (Å²) < 4.78 is 6.82. The zero-order valence-corrected chi connectivity index (χ0v) is 12.9. The molecule has 0 aliphatic heterocycles. The Labute approximate surface area is 118 Å². The summed E-state index contributed by atoms with van der Waals surface area (Å²) in [5, 5.41) is 9.31. The van der Waals surface area contributed by atoms with Crippen molar-refractivity contribution in [2.24, 2.45) is 5.92 Å². The number of ether oxygens (including phenoxy) is 1. The number of rotatable bonds is 8. The molecular formula is C15H23BrO2. The molecule has 1 aromatic rings. The van der Waals surface area contributed by atoms with E-state index in [0.29, 0.717) is 5.92 Å². The number of aliphatic hydroxyl groups excluding tert-OH is 1. The largest absolute Gasteiger partial charge is 0.493 e. The molecule has 18 heavy (non-hydrogen) atoms. The average Bonchev–Trinajstić information content (AvgIpc) is 2.40. The lowest BCUT2D eigenvalue weighted by molar-refractivity contribution is 0.221. The van der Waals surface area contributed by atoms with Crippen LogP contribution in [0.25, 0.3) is 0 Å². The lowest BCUT2D eigenvalue weighted by Gasteiger charge is -2.17. The molecule has 1 unspecified atom stereocenters. The Morgan fingerprint density at radius 1 is 1.33 bits per heavy atom. The summed E-state index contributed by atoms with van der Waals surface area (Å²) in [6.07, 6.45) is 4.86. The van der Waals surface area contributed by atoms with E-state index in [4.69, 9.17) is 4.74 Å². The van der Waals surface area contributed by atoms with Gasteiger partial charge in [0.2, 0.25) is 0 Å². The van der Waals surface area contributed by atoms with Gasteiger partial charge in [-0.25, -0.2) is 0 Å². The van der Waals surface area contributed by atoms with Gasteiger partial charge in [0, 0.05) is 10.0 Å². The van der Waals surface area contributed by atoms with Crippen LogP contribution in [0, 0.1) is 5.92 Å². The fraction of sp³-hybridized carbons (Fsp3) is 0.600. The predicted octanol–water partition coefficient (Wildman–Crippen LogP) is 4.54. The van der Waals surface area contributed by atoms with E-state index in [1.165, 1.54) is 19.3 Å². The Bertz CT molecular complexity index is 352. The highest BCUT2D eigenvalue weighted by Crippen LogP contribution is 2.24. The Hall–Kier alpha value is -0.540. The van der Waals surface area contributed by atoms with Crippen molar-refractivity contribution in [3.05, 3.63) is 28.2 Å². The predicted molar refractivity (Wildman–Crippen MR) is 78.9 cm³/mol. The molecule has 0 amide bonds. The Balaban J connectivity index is 2.56. The van der Waals surface area contributed by atoms with Crippen LogP contribution in [0.5, 0.6) is 5.75 Å². The molecule has 1 atom stereocenters. The van der Waals surface area contributed by atoms with E-state index in [-0.39, 0.29) is 6.61 Å². The molecule has 0 bridgehead atoms. The molecule has 102 valence electrons. The minimum atomic E-state index is 0.0144. The Morgan fingerprint density at radius 3 is 2.72 bits per heavy atom. The molecule has 0 spiro atoms. The van der Waals surface area contributed by atoms with Crippen molar-refractivity contribution in [1.82, 2.24) is 0 Å². The van der Waals surface area contributed by atoms with Gasteiger partial charge in [0.05, 0.1) is 13.2 Å². The van der Waals surface area contributed by atoms with Crippen LogP contribution in [0.15, 0.2) is 22.7 Å². The monoisotopic (exact) mass is 314 g/mol. The van der Waals surface area contributed by atoms with E-state index >= 15 is 0 Å². The van der Waals surface area contributed by atoms with E-state index in [1.54, 1.807) is 0 Å². The summed E-state index contributed by atoms with van der Waals surface area (Å²) in [6, 6.07) is 5.77. The van der Waals surface area contributed by atoms with Crippen LogP contribution in [0.4, 0.5) is 0 Å². The van der Waals surface area contributed by atoms with Crippen molar-refractivity contribution in [2.45, 2.75) is 46.1 Å². The van der Waals surface area contributed by atoms with Gasteiger partial charge < -0.3 is 9.84 Å². The third-order valence-electron chi connectivity index (χ3n) is 3.21. The van der Waals surface area contributed by atoms with Crippen LogP contribution in [0.2, 0.25) is 0 Å². The first kappa shape index (κ1) is 15.5. The second-order valence-corrected chi connectivity index (χ2v) is 5.55. The van der Waals surface area contributed by atoms with Crippen LogP contribution >= 0.6 is 15.9 Å². The first-order chi connectivity index (χ1) is 8.71. The molecule has 1 N–H and O–H groups in total. The molecular weight excluding hydrogens is 292 g/mol. The summed E-state index contributed by atoms with van der Waals surface area (Å²) in [4.78, 5) is 0. The van der Waals surface area contributed by atoms with E-state index in [2.05, 4.69) is 29.8 Å².